The number of nitrogens with one attached hydrogen (secondary N) is 2. The second kappa shape index (κ2) is 6.61. The van der Waals surface area contributed by atoms with Gasteiger partial charge in [-0.15, -0.1) is 0 Å². The Morgan fingerprint density at radius 1 is 1.18 bits per heavy atom. The number of carbonyl (C=O) groups excluding carboxylic acids is 3. The summed E-state index contributed by atoms with van der Waals surface area (Å²) in [6, 6.07) is 2.47. The molecular weight excluding hydrogens is 356 g/mol. The summed E-state index contributed by atoms with van der Waals surface area (Å²) in [6.45, 7) is 2.30. The van der Waals surface area contributed by atoms with Crippen LogP contribution in [0.2, 0.25) is 0 Å². The Bertz CT molecular complexity index is 662. The van der Waals surface area contributed by atoms with E-state index >= 15 is 0 Å². The predicted molar refractivity (Wildman–Crippen MR) is 81.5 cm³/mol. The molecule has 2 rings (SSSR count). The zero-order chi connectivity index (χ0) is 16.3. The van der Waals surface area contributed by atoms with E-state index < -0.39 is 17.8 Å². The van der Waals surface area contributed by atoms with Gasteiger partial charge in [-0.05, 0) is 46.6 Å². The summed E-state index contributed by atoms with van der Waals surface area (Å²) < 4.78 is 11.3. The van der Waals surface area contributed by atoms with Gasteiger partial charge in [-0.2, -0.15) is 0 Å². The lowest BCUT2D eigenvalue weighted by molar-refractivity contribution is -0.123. The maximum atomic E-state index is 11.7. The van der Waals surface area contributed by atoms with Crippen LogP contribution in [0.15, 0.2) is 22.2 Å². The van der Waals surface area contributed by atoms with Crippen LogP contribution in [0.5, 0.6) is 11.5 Å². The minimum Gasteiger partial charge on any atom is -0.493 e. The number of amides is 4. The van der Waals surface area contributed by atoms with Crippen molar-refractivity contribution in [3.05, 3.63) is 27.7 Å². The van der Waals surface area contributed by atoms with E-state index in [2.05, 4.69) is 15.9 Å². The Morgan fingerprint density at radius 2 is 1.82 bits per heavy atom. The maximum absolute atomic E-state index is 11.7. The Kier molecular flexibility index (Phi) is 4.81. The molecule has 0 radical (unpaired) electrons. The number of halogens is 1. The monoisotopic (exact) mass is 368 g/mol. The molecule has 1 aromatic carbocycles. The Morgan fingerprint density at radius 3 is 2.36 bits per heavy atom. The predicted octanol–water partition coefficient (Wildman–Crippen LogP) is 1.61. The van der Waals surface area contributed by atoms with Crippen LogP contribution < -0.4 is 20.1 Å². The number of ether oxygens (including phenoxy) is 2. The fourth-order valence-corrected chi connectivity index (χ4v) is 2.45. The number of carbonyl (C=O) groups is 3. The van der Waals surface area contributed by atoms with Crippen LogP contribution in [-0.4, -0.2) is 31.6 Å². The van der Waals surface area contributed by atoms with Gasteiger partial charge in [0.15, 0.2) is 11.5 Å². The van der Waals surface area contributed by atoms with E-state index in [4.69, 9.17) is 9.47 Å². The molecule has 1 aromatic rings. The van der Waals surface area contributed by atoms with Crippen molar-refractivity contribution in [3.63, 3.8) is 0 Å². The van der Waals surface area contributed by atoms with E-state index in [1.54, 1.807) is 12.1 Å². The van der Waals surface area contributed by atoms with E-state index in [-0.39, 0.29) is 5.57 Å². The van der Waals surface area contributed by atoms with Crippen molar-refractivity contribution in [3.8, 4) is 11.5 Å². The summed E-state index contributed by atoms with van der Waals surface area (Å²) >= 11 is 3.35. The number of imide groups is 2. The quantitative estimate of drug-likeness (QED) is 0.621. The third-order valence-electron chi connectivity index (χ3n) is 2.79. The average Bonchev–Trinajstić information content (AvgIpc) is 2.45. The lowest BCUT2D eigenvalue weighted by Gasteiger charge is -2.15. The number of urea groups is 1. The van der Waals surface area contributed by atoms with Gasteiger partial charge in [0.05, 0.1) is 18.2 Å². The zero-order valence-electron chi connectivity index (χ0n) is 11.9. The number of hydrogen-bond acceptors (Lipinski definition) is 5. The van der Waals surface area contributed by atoms with Crippen molar-refractivity contribution >= 4 is 39.9 Å². The van der Waals surface area contributed by atoms with E-state index in [1.807, 2.05) is 17.6 Å². The fourth-order valence-electron chi connectivity index (χ4n) is 1.88. The third-order valence-corrected chi connectivity index (χ3v) is 3.38. The molecule has 7 nitrogen and oxygen atoms in total. The molecule has 0 unspecified atom stereocenters. The van der Waals surface area contributed by atoms with E-state index in [9.17, 15) is 14.4 Å². The van der Waals surface area contributed by atoms with Gasteiger partial charge in [-0.25, -0.2) is 4.79 Å². The highest BCUT2D eigenvalue weighted by atomic mass is 79.9. The number of rotatable bonds is 4. The molecule has 0 spiro atoms. The Balaban J connectivity index is 2.43. The molecule has 1 heterocycles. The van der Waals surface area contributed by atoms with Crippen molar-refractivity contribution in [2.45, 2.75) is 6.92 Å². The van der Waals surface area contributed by atoms with Crippen LogP contribution >= 0.6 is 15.9 Å². The van der Waals surface area contributed by atoms with E-state index in [0.29, 0.717) is 28.1 Å². The SMILES string of the molecule is CCOc1c(Br)cc(C=C2C(=O)NC(=O)NC2=O)cc1OC. The first-order valence-electron chi connectivity index (χ1n) is 6.35. The summed E-state index contributed by atoms with van der Waals surface area (Å²) in [5, 5.41) is 4.02. The molecule has 0 atom stereocenters. The fraction of sp³-hybridized carbons (Fsp3) is 0.214. The van der Waals surface area contributed by atoms with E-state index in [0.717, 1.165) is 0 Å². The van der Waals surface area contributed by atoms with Crippen LogP contribution in [0.3, 0.4) is 0 Å². The number of hydrogen-bond donors (Lipinski definition) is 2. The molecule has 0 aromatic heterocycles. The van der Waals surface area contributed by atoms with Crippen LogP contribution in [0, 0.1) is 0 Å². The van der Waals surface area contributed by atoms with Gasteiger partial charge in [0.1, 0.15) is 5.57 Å². The average molecular weight is 369 g/mol. The van der Waals surface area contributed by atoms with Crippen LogP contribution in [0.1, 0.15) is 12.5 Å². The van der Waals surface area contributed by atoms with Gasteiger partial charge in [0.25, 0.3) is 11.8 Å². The molecule has 0 saturated carbocycles. The van der Waals surface area contributed by atoms with Crippen molar-refractivity contribution in [1.29, 1.82) is 0 Å². The van der Waals surface area contributed by atoms with Gasteiger partial charge in [-0.3, -0.25) is 20.2 Å². The molecular formula is C14H13BrN2O5. The lowest BCUT2D eigenvalue weighted by atomic mass is 10.1. The van der Waals surface area contributed by atoms with E-state index in [1.165, 1.54) is 13.2 Å². The lowest BCUT2D eigenvalue weighted by Crippen LogP contribution is -2.51. The molecule has 1 aliphatic rings. The number of barbiturate groups is 1. The molecule has 0 bridgehead atoms. The van der Waals surface area contributed by atoms with Gasteiger partial charge >= 0.3 is 6.03 Å². The van der Waals surface area contributed by atoms with Crippen LogP contribution in [0.4, 0.5) is 4.79 Å². The maximum Gasteiger partial charge on any atom is 0.328 e. The second-order valence-electron chi connectivity index (χ2n) is 4.26. The molecule has 4 amide bonds. The summed E-state index contributed by atoms with van der Waals surface area (Å²) in [4.78, 5) is 34.4. The van der Waals surface area contributed by atoms with Crippen molar-refractivity contribution in [2.75, 3.05) is 13.7 Å². The number of methoxy groups -OCH3 is 1. The first kappa shape index (κ1) is 16.0. The summed E-state index contributed by atoms with van der Waals surface area (Å²) in [7, 11) is 1.49. The van der Waals surface area contributed by atoms with Crippen molar-refractivity contribution in [1.82, 2.24) is 10.6 Å². The third kappa shape index (κ3) is 3.28. The molecule has 1 aliphatic heterocycles. The minimum absolute atomic E-state index is 0.169. The molecule has 1 fully saturated rings. The van der Waals surface area contributed by atoms with Crippen molar-refractivity contribution < 1.29 is 23.9 Å². The Hall–Kier alpha value is -2.35. The molecule has 116 valence electrons. The molecule has 0 aliphatic carbocycles. The molecule has 2 N–H and O–H groups in total. The summed E-state index contributed by atoms with van der Waals surface area (Å²) in [5.74, 6) is -0.522. The summed E-state index contributed by atoms with van der Waals surface area (Å²) in [6.07, 6.45) is 1.36. The second-order valence-corrected chi connectivity index (χ2v) is 5.12. The number of benzene rings is 1. The smallest absolute Gasteiger partial charge is 0.328 e. The highest BCUT2D eigenvalue weighted by molar-refractivity contribution is 9.10. The standard InChI is InChI=1S/C14H13BrN2O5/c1-3-22-11-9(15)5-7(6-10(11)21-2)4-8-12(18)16-14(20)17-13(8)19/h4-6H,3H2,1-2H3,(H2,16,17,18,19,20). The van der Waals surface area contributed by atoms with Gasteiger partial charge in [0.2, 0.25) is 0 Å². The van der Waals surface area contributed by atoms with Crippen molar-refractivity contribution in [2.24, 2.45) is 0 Å². The normalized spacial score (nSPS) is 14.3. The minimum atomic E-state index is -0.836. The topological polar surface area (TPSA) is 93.7 Å². The van der Waals surface area contributed by atoms with Crippen LogP contribution in [0.25, 0.3) is 6.08 Å². The summed E-state index contributed by atoms with van der Waals surface area (Å²) in [5.41, 5.74) is 0.375. The highest BCUT2D eigenvalue weighted by Crippen LogP contribution is 2.37. The first-order valence-corrected chi connectivity index (χ1v) is 7.14. The van der Waals surface area contributed by atoms with Crippen LogP contribution in [-0.2, 0) is 9.59 Å². The molecule has 8 heteroatoms. The van der Waals surface area contributed by atoms with Gasteiger partial charge < -0.3 is 9.47 Å². The van der Waals surface area contributed by atoms with Gasteiger partial charge in [0, 0.05) is 0 Å². The zero-order valence-corrected chi connectivity index (χ0v) is 13.4. The highest BCUT2D eigenvalue weighted by Gasteiger charge is 2.27. The molecule has 1 saturated heterocycles. The Labute approximate surface area is 134 Å². The van der Waals surface area contributed by atoms with Gasteiger partial charge in [-0.1, -0.05) is 0 Å². The largest absolute Gasteiger partial charge is 0.493 e. The first-order chi connectivity index (χ1) is 10.5. The molecule has 22 heavy (non-hydrogen) atoms.